The van der Waals surface area contributed by atoms with Crippen LogP contribution in [0.1, 0.15) is 11.9 Å². The summed E-state index contributed by atoms with van der Waals surface area (Å²) in [4.78, 5) is 4.02. The minimum Gasteiger partial charge on any atom is -0.494 e. The Morgan fingerprint density at radius 2 is 2.33 bits per heavy atom. The van der Waals surface area contributed by atoms with Gasteiger partial charge in [0.2, 0.25) is 0 Å². The maximum Gasteiger partial charge on any atom is 0.258 e. The molecular formula is C11H12FN3O3. The number of rotatable bonds is 4. The van der Waals surface area contributed by atoms with Gasteiger partial charge in [-0.25, -0.2) is 4.39 Å². The summed E-state index contributed by atoms with van der Waals surface area (Å²) in [5.41, 5.74) is 6.06. The van der Waals surface area contributed by atoms with Crippen LogP contribution in [0.5, 0.6) is 5.75 Å². The standard InChI is InChI=1S/C11H12FN3O3/c1-17-9-4-6(2-3-7(9)12)11-14-10(15-18-11)8(13)5-16/h2-4,8,16H,5,13H2,1H3. The van der Waals surface area contributed by atoms with Gasteiger partial charge in [-0.1, -0.05) is 5.16 Å². The molecule has 0 aliphatic rings. The van der Waals surface area contributed by atoms with E-state index in [9.17, 15) is 4.39 Å². The molecule has 1 atom stereocenters. The minimum atomic E-state index is -0.704. The number of aliphatic hydroxyl groups is 1. The summed E-state index contributed by atoms with van der Waals surface area (Å²) < 4.78 is 23.1. The number of nitrogens with two attached hydrogens (primary N) is 1. The highest BCUT2D eigenvalue weighted by Crippen LogP contribution is 2.25. The Bertz CT molecular complexity index is 544. The fourth-order valence-electron chi connectivity index (χ4n) is 1.38. The van der Waals surface area contributed by atoms with E-state index in [1.807, 2.05) is 0 Å². The lowest BCUT2D eigenvalue weighted by Gasteiger charge is -2.02. The van der Waals surface area contributed by atoms with Crippen LogP contribution in [-0.4, -0.2) is 29.0 Å². The molecule has 1 heterocycles. The molecule has 0 amide bonds. The largest absolute Gasteiger partial charge is 0.494 e. The van der Waals surface area contributed by atoms with Gasteiger partial charge in [-0.2, -0.15) is 4.98 Å². The Hall–Kier alpha value is -1.99. The van der Waals surface area contributed by atoms with Gasteiger partial charge in [0.15, 0.2) is 17.4 Å². The Balaban J connectivity index is 2.34. The number of nitrogens with zero attached hydrogens (tertiary/aromatic N) is 2. The Morgan fingerprint density at radius 1 is 1.56 bits per heavy atom. The van der Waals surface area contributed by atoms with Crippen molar-refractivity contribution in [2.45, 2.75) is 6.04 Å². The number of ether oxygens (including phenoxy) is 1. The van der Waals surface area contributed by atoms with E-state index in [0.717, 1.165) is 0 Å². The van der Waals surface area contributed by atoms with E-state index in [-0.39, 0.29) is 24.1 Å². The van der Waals surface area contributed by atoms with Crippen LogP contribution in [0, 0.1) is 5.82 Å². The second-order valence-electron chi connectivity index (χ2n) is 3.60. The quantitative estimate of drug-likeness (QED) is 0.839. The molecule has 0 radical (unpaired) electrons. The van der Waals surface area contributed by atoms with Crippen molar-refractivity contribution in [2.24, 2.45) is 5.73 Å². The molecule has 0 aliphatic heterocycles. The number of aromatic nitrogens is 2. The molecule has 6 nitrogen and oxygen atoms in total. The first-order valence-electron chi connectivity index (χ1n) is 5.19. The molecule has 2 rings (SSSR count). The summed E-state index contributed by atoms with van der Waals surface area (Å²) >= 11 is 0. The number of methoxy groups -OCH3 is 1. The molecule has 2 aromatic rings. The third-order valence-corrected chi connectivity index (χ3v) is 2.37. The molecule has 1 aromatic heterocycles. The maximum atomic E-state index is 13.2. The van der Waals surface area contributed by atoms with Crippen LogP contribution in [0.4, 0.5) is 4.39 Å². The van der Waals surface area contributed by atoms with E-state index in [0.29, 0.717) is 5.56 Å². The first kappa shape index (κ1) is 12.5. The summed E-state index contributed by atoms with van der Waals surface area (Å²) in [7, 11) is 1.36. The van der Waals surface area contributed by atoms with Crippen LogP contribution in [0.3, 0.4) is 0 Å². The van der Waals surface area contributed by atoms with Gasteiger partial charge in [-0.05, 0) is 18.2 Å². The van der Waals surface area contributed by atoms with Gasteiger partial charge >= 0.3 is 0 Å². The highest BCUT2D eigenvalue weighted by Gasteiger charge is 2.15. The van der Waals surface area contributed by atoms with Gasteiger partial charge in [0, 0.05) is 5.56 Å². The third-order valence-electron chi connectivity index (χ3n) is 2.37. The lowest BCUT2D eigenvalue weighted by atomic mass is 10.2. The highest BCUT2D eigenvalue weighted by atomic mass is 19.1. The molecular weight excluding hydrogens is 241 g/mol. The zero-order chi connectivity index (χ0) is 13.1. The molecule has 96 valence electrons. The molecule has 3 N–H and O–H groups in total. The van der Waals surface area contributed by atoms with E-state index < -0.39 is 11.9 Å². The van der Waals surface area contributed by atoms with Crippen LogP contribution in [0.25, 0.3) is 11.5 Å². The van der Waals surface area contributed by atoms with Gasteiger partial charge in [0.1, 0.15) is 0 Å². The molecule has 0 saturated carbocycles. The van der Waals surface area contributed by atoms with Crippen molar-refractivity contribution < 1.29 is 18.8 Å². The molecule has 1 unspecified atom stereocenters. The van der Waals surface area contributed by atoms with Crippen LogP contribution in [0.15, 0.2) is 22.7 Å². The maximum absolute atomic E-state index is 13.2. The SMILES string of the molecule is COc1cc(-c2nc(C(N)CO)no2)ccc1F. The lowest BCUT2D eigenvalue weighted by Crippen LogP contribution is -2.15. The smallest absolute Gasteiger partial charge is 0.258 e. The van der Waals surface area contributed by atoms with Crippen LogP contribution < -0.4 is 10.5 Å². The Morgan fingerprint density at radius 3 is 3.00 bits per heavy atom. The molecule has 18 heavy (non-hydrogen) atoms. The number of halogens is 1. The first-order chi connectivity index (χ1) is 8.65. The van der Waals surface area contributed by atoms with Crippen LogP contribution >= 0.6 is 0 Å². The number of hydrogen-bond acceptors (Lipinski definition) is 6. The average molecular weight is 253 g/mol. The number of benzene rings is 1. The predicted octanol–water partition coefficient (Wildman–Crippen LogP) is 0.876. The molecule has 0 fully saturated rings. The molecule has 7 heteroatoms. The zero-order valence-electron chi connectivity index (χ0n) is 9.63. The molecule has 0 spiro atoms. The summed E-state index contributed by atoms with van der Waals surface area (Å²) in [5, 5.41) is 12.5. The van der Waals surface area contributed by atoms with Gasteiger partial charge in [0.25, 0.3) is 5.89 Å². The van der Waals surface area contributed by atoms with Gasteiger partial charge in [-0.3, -0.25) is 0 Å². The monoisotopic (exact) mass is 253 g/mol. The summed E-state index contributed by atoms with van der Waals surface area (Å²) in [6, 6.07) is 3.46. The fourth-order valence-corrected chi connectivity index (χ4v) is 1.38. The highest BCUT2D eigenvalue weighted by molar-refractivity contribution is 5.56. The van der Waals surface area contributed by atoms with E-state index in [2.05, 4.69) is 10.1 Å². The number of aliphatic hydroxyl groups excluding tert-OH is 1. The summed E-state index contributed by atoms with van der Waals surface area (Å²) in [5.74, 6) is -0.0188. The fraction of sp³-hybridized carbons (Fsp3) is 0.273. The van der Waals surface area contributed by atoms with Crippen molar-refractivity contribution >= 4 is 0 Å². The van der Waals surface area contributed by atoms with E-state index in [4.69, 9.17) is 20.1 Å². The second kappa shape index (κ2) is 5.11. The molecule has 1 aromatic carbocycles. The third kappa shape index (κ3) is 2.31. The zero-order valence-corrected chi connectivity index (χ0v) is 9.63. The molecule has 0 aliphatic carbocycles. The van der Waals surface area contributed by atoms with E-state index in [1.165, 1.54) is 25.3 Å². The van der Waals surface area contributed by atoms with E-state index >= 15 is 0 Å². The Labute approximate surface area is 102 Å². The first-order valence-corrected chi connectivity index (χ1v) is 5.19. The normalized spacial score (nSPS) is 12.4. The molecule has 0 bridgehead atoms. The molecule has 0 saturated heterocycles. The van der Waals surface area contributed by atoms with Gasteiger partial charge in [0.05, 0.1) is 19.8 Å². The minimum absolute atomic E-state index is 0.0821. The van der Waals surface area contributed by atoms with Crippen molar-refractivity contribution in [1.82, 2.24) is 10.1 Å². The predicted molar refractivity (Wildman–Crippen MR) is 60.3 cm³/mol. The van der Waals surface area contributed by atoms with Crippen LogP contribution in [-0.2, 0) is 0 Å². The van der Waals surface area contributed by atoms with Crippen molar-refractivity contribution in [2.75, 3.05) is 13.7 Å². The van der Waals surface area contributed by atoms with Crippen molar-refractivity contribution in [1.29, 1.82) is 0 Å². The number of hydrogen-bond donors (Lipinski definition) is 2. The van der Waals surface area contributed by atoms with Gasteiger partial charge < -0.3 is 20.1 Å². The summed E-state index contributed by atoms with van der Waals surface area (Å²) in [6.45, 7) is -0.286. The Kier molecular flexibility index (Phi) is 3.54. The lowest BCUT2D eigenvalue weighted by molar-refractivity contribution is 0.260. The van der Waals surface area contributed by atoms with Crippen LogP contribution in [0.2, 0.25) is 0 Å². The second-order valence-corrected chi connectivity index (χ2v) is 3.60. The van der Waals surface area contributed by atoms with Crippen molar-refractivity contribution in [3.05, 3.63) is 29.8 Å². The average Bonchev–Trinajstić information content (AvgIpc) is 2.88. The van der Waals surface area contributed by atoms with Crippen molar-refractivity contribution in [3.8, 4) is 17.2 Å². The van der Waals surface area contributed by atoms with E-state index in [1.54, 1.807) is 0 Å². The van der Waals surface area contributed by atoms with Crippen molar-refractivity contribution in [3.63, 3.8) is 0 Å². The van der Waals surface area contributed by atoms with Gasteiger partial charge in [-0.15, -0.1) is 0 Å². The topological polar surface area (TPSA) is 94.4 Å². The summed E-state index contributed by atoms with van der Waals surface area (Å²) in [6.07, 6.45) is 0.